The van der Waals surface area contributed by atoms with Crippen molar-refractivity contribution in [2.24, 2.45) is 0 Å². The van der Waals surface area contributed by atoms with E-state index in [0.717, 1.165) is 57.7 Å². The molecule has 0 saturated carbocycles. The van der Waals surface area contributed by atoms with Crippen molar-refractivity contribution in [1.82, 2.24) is 0 Å². The molecule has 0 unspecified atom stereocenters. The molecule has 0 aliphatic carbocycles. The van der Waals surface area contributed by atoms with Crippen LogP contribution in [0, 0.1) is 0 Å². The standard InChI is InChI=1S/C15H25NO5/c1-19-14(17)6-7-15(18)21-11-5-3-2-4-8-16-9-12-20-13-10-16/h6-7H,2-5,8-13H2,1H3/p+1/b7-6+. The first-order valence-electron chi connectivity index (χ1n) is 7.56. The van der Waals surface area contributed by atoms with Crippen molar-refractivity contribution < 1.29 is 28.7 Å². The number of quaternary nitrogens is 1. The van der Waals surface area contributed by atoms with Gasteiger partial charge < -0.3 is 19.1 Å². The van der Waals surface area contributed by atoms with Crippen LogP contribution in [0.2, 0.25) is 0 Å². The molecule has 0 aromatic carbocycles. The minimum atomic E-state index is -0.558. The van der Waals surface area contributed by atoms with Crippen molar-refractivity contribution >= 4 is 11.9 Å². The van der Waals surface area contributed by atoms with Crippen LogP contribution in [0.3, 0.4) is 0 Å². The Morgan fingerprint density at radius 2 is 1.71 bits per heavy atom. The zero-order chi connectivity index (χ0) is 15.3. The van der Waals surface area contributed by atoms with Crippen molar-refractivity contribution in [3.8, 4) is 0 Å². The van der Waals surface area contributed by atoms with Gasteiger partial charge in [0.15, 0.2) is 0 Å². The van der Waals surface area contributed by atoms with Gasteiger partial charge in [-0.15, -0.1) is 0 Å². The Balaban J connectivity index is 1.91. The number of carbonyl (C=O) groups is 2. The molecule has 1 heterocycles. The molecular weight excluding hydrogens is 274 g/mol. The van der Waals surface area contributed by atoms with Crippen LogP contribution in [0.25, 0.3) is 0 Å². The molecule has 0 amide bonds. The fourth-order valence-electron chi connectivity index (χ4n) is 2.17. The van der Waals surface area contributed by atoms with Gasteiger partial charge in [-0.1, -0.05) is 0 Å². The molecule has 0 radical (unpaired) electrons. The molecular formula is C15H26NO5+. The van der Waals surface area contributed by atoms with Crippen LogP contribution in [0.5, 0.6) is 0 Å². The zero-order valence-corrected chi connectivity index (χ0v) is 12.8. The van der Waals surface area contributed by atoms with E-state index in [9.17, 15) is 9.59 Å². The number of ether oxygens (including phenoxy) is 3. The van der Waals surface area contributed by atoms with Crippen LogP contribution in [0.1, 0.15) is 25.7 Å². The molecule has 0 aromatic heterocycles. The quantitative estimate of drug-likeness (QED) is 0.361. The van der Waals surface area contributed by atoms with E-state index >= 15 is 0 Å². The highest BCUT2D eigenvalue weighted by Crippen LogP contribution is 1.99. The summed E-state index contributed by atoms with van der Waals surface area (Å²) in [4.78, 5) is 23.6. The van der Waals surface area contributed by atoms with E-state index < -0.39 is 11.9 Å². The third-order valence-electron chi connectivity index (χ3n) is 3.43. The largest absolute Gasteiger partial charge is 0.466 e. The minimum Gasteiger partial charge on any atom is -0.466 e. The van der Waals surface area contributed by atoms with Crippen LogP contribution in [-0.4, -0.2) is 58.5 Å². The normalized spacial score (nSPS) is 16.0. The summed E-state index contributed by atoms with van der Waals surface area (Å²) >= 11 is 0. The maximum atomic E-state index is 11.2. The maximum absolute atomic E-state index is 11.2. The van der Waals surface area contributed by atoms with Crippen molar-refractivity contribution in [3.63, 3.8) is 0 Å². The number of methoxy groups -OCH3 is 1. The lowest BCUT2D eigenvalue weighted by molar-refractivity contribution is -0.908. The SMILES string of the molecule is COC(=O)/C=C/C(=O)OCCCCCC[NH+]1CCOCC1. The lowest BCUT2D eigenvalue weighted by Gasteiger charge is -2.23. The zero-order valence-electron chi connectivity index (χ0n) is 12.8. The lowest BCUT2D eigenvalue weighted by atomic mass is 10.2. The summed E-state index contributed by atoms with van der Waals surface area (Å²) < 4.78 is 14.7. The first kappa shape index (κ1) is 17.7. The smallest absolute Gasteiger partial charge is 0.331 e. The highest BCUT2D eigenvalue weighted by atomic mass is 16.5. The van der Waals surface area contributed by atoms with Crippen LogP contribution >= 0.6 is 0 Å². The average molecular weight is 300 g/mol. The number of morpholine rings is 1. The van der Waals surface area contributed by atoms with Gasteiger partial charge in [0.1, 0.15) is 13.1 Å². The Hall–Kier alpha value is -1.40. The predicted molar refractivity (Wildman–Crippen MR) is 77.0 cm³/mol. The second-order valence-electron chi connectivity index (χ2n) is 5.05. The van der Waals surface area contributed by atoms with Crippen molar-refractivity contribution in [2.75, 3.05) is 46.6 Å². The Bertz CT molecular complexity index is 337. The number of carbonyl (C=O) groups excluding carboxylic acids is 2. The van der Waals surface area contributed by atoms with Gasteiger partial charge in [0, 0.05) is 12.2 Å². The molecule has 1 N–H and O–H groups in total. The van der Waals surface area contributed by atoms with E-state index in [2.05, 4.69) is 4.74 Å². The third kappa shape index (κ3) is 9.20. The van der Waals surface area contributed by atoms with Gasteiger partial charge >= 0.3 is 11.9 Å². The number of nitrogens with one attached hydrogen (secondary N) is 1. The molecule has 0 bridgehead atoms. The summed E-state index contributed by atoms with van der Waals surface area (Å²) in [6.07, 6.45) is 6.42. The Kier molecular flexibility index (Phi) is 9.48. The first-order valence-corrected chi connectivity index (χ1v) is 7.56. The van der Waals surface area contributed by atoms with Gasteiger partial charge in [-0.3, -0.25) is 0 Å². The molecule has 1 aliphatic rings. The topological polar surface area (TPSA) is 66.3 Å². The van der Waals surface area contributed by atoms with E-state index in [0.29, 0.717) is 6.61 Å². The van der Waals surface area contributed by atoms with Crippen molar-refractivity contribution in [2.45, 2.75) is 25.7 Å². The highest BCUT2D eigenvalue weighted by molar-refractivity contribution is 5.91. The molecule has 120 valence electrons. The Morgan fingerprint density at radius 3 is 2.43 bits per heavy atom. The summed E-state index contributed by atoms with van der Waals surface area (Å²) in [6, 6.07) is 0. The molecule has 6 nitrogen and oxygen atoms in total. The van der Waals surface area contributed by atoms with Gasteiger partial charge in [0.05, 0.1) is 33.5 Å². The molecule has 1 aliphatic heterocycles. The van der Waals surface area contributed by atoms with Gasteiger partial charge in [-0.2, -0.15) is 0 Å². The molecule has 0 spiro atoms. The number of hydrogen-bond donors (Lipinski definition) is 1. The summed E-state index contributed by atoms with van der Waals surface area (Å²) in [5.41, 5.74) is 0. The van der Waals surface area contributed by atoms with Crippen LogP contribution in [0.15, 0.2) is 12.2 Å². The summed E-state index contributed by atoms with van der Waals surface area (Å²) in [5.74, 6) is -1.06. The summed E-state index contributed by atoms with van der Waals surface area (Å²) in [7, 11) is 1.26. The predicted octanol–water partition coefficient (Wildman–Crippen LogP) is -0.266. The molecule has 0 aromatic rings. The van der Waals surface area contributed by atoms with E-state index in [-0.39, 0.29) is 0 Å². The van der Waals surface area contributed by atoms with Crippen LogP contribution in [0.4, 0.5) is 0 Å². The van der Waals surface area contributed by atoms with Gasteiger partial charge in [0.2, 0.25) is 0 Å². The average Bonchev–Trinajstić information content (AvgIpc) is 2.52. The van der Waals surface area contributed by atoms with E-state index in [1.807, 2.05) is 0 Å². The van der Waals surface area contributed by atoms with Crippen LogP contribution in [-0.2, 0) is 23.8 Å². The minimum absolute atomic E-state index is 0.398. The molecule has 6 heteroatoms. The number of unbranched alkanes of at least 4 members (excludes halogenated alkanes) is 3. The second-order valence-corrected chi connectivity index (χ2v) is 5.05. The molecule has 1 rings (SSSR count). The fourth-order valence-corrected chi connectivity index (χ4v) is 2.17. The summed E-state index contributed by atoms with van der Waals surface area (Å²) in [5, 5.41) is 0. The van der Waals surface area contributed by atoms with Crippen molar-refractivity contribution in [1.29, 1.82) is 0 Å². The van der Waals surface area contributed by atoms with Gasteiger partial charge in [0.25, 0.3) is 0 Å². The Morgan fingerprint density at radius 1 is 1.05 bits per heavy atom. The Labute approximate surface area is 126 Å². The summed E-state index contributed by atoms with van der Waals surface area (Å²) in [6.45, 7) is 5.59. The fraction of sp³-hybridized carbons (Fsp3) is 0.733. The van der Waals surface area contributed by atoms with Crippen LogP contribution < -0.4 is 4.90 Å². The highest BCUT2D eigenvalue weighted by Gasteiger charge is 2.12. The number of hydrogen-bond acceptors (Lipinski definition) is 5. The monoisotopic (exact) mass is 300 g/mol. The lowest BCUT2D eigenvalue weighted by Crippen LogP contribution is -3.14. The maximum Gasteiger partial charge on any atom is 0.331 e. The van der Waals surface area contributed by atoms with E-state index in [1.54, 1.807) is 4.90 Å². The molecule has 1 saturated heterocycles. The molecule has 1 fully saturated rings. The van der Waals surface area contributed by atoms with E-state index in [4.69, 9.17) is 9.47 Å². The molecule has 0 atom stereocenters. The molecule has 21 heavy (non-hydrogen) atoms. The third-order valence-corrected chi connectivity index (χ3v) is 3.43. The number of rotatable bonds is 9. The first-order chi connectivity index (χ1) is 10.2. The van der Waals surface area contributed by atoms with E-state index in [1.165, 1.54) is 20.1 Å². The number of esters is 2. The van der Waals surface area contributed by atoms with Gasteiger partial charge in [-0.25, -0.2) is 9.59 Å². The van der Waals surface area contributed by atoms with Crippen molar-refractivity contribution in [3.05, 3.63) is 12.2 Å². The second kappa shape index (κ2) is 11.3. The van der Waals surface area contributed by atoms with Gasteiger partial charge in [-0.05, 0) is 25.7 Å².